The molecule has 0 atom stereocenters. The van der Waals surface area contributed by atoms with E-state index in [9.17, 15) is 28.0 Å². The van der Waals surface area contributed by atoms with Crippen LogP contribution in [0.15, 0.2) is 120 Å². The zero-order valence-corrected chi connectivity index (χ0v) is 37.1. The summed E-state index contributed by atoms with van der Waals surface area (Å²) in [6, 6.07) is 32.8. The molecule has 0 aliphatic carbocycles. The van der Waals surface area contributed by atoms with E-state index in [0.717, 1.165) is 33.2 Å². The Hall–Kier alpha value is -6.60. The van der Waals surface area contributed by atoms with Crippen molar-refractivity contribution < 1.29 is 46.9 Å². The second kappa shape index (κ2) is 18.2. The Labute approximate surface area is 366 Å². The lowest BCUT2D eigenvalue weighted by Crippen LogP contribution is -2.29. The van der Waals surface area contributed by atoms with Crippen molar-refractivity contribution in [2.75, 3.05) is 14.2 Å². The van der Waals surface area contributed by atoms with E-state index in [2.05, 4.69) is 15.9 Å². The van der Waals surface area contributed by atoms with Gasteiger partial charge in [0.25, 0.3) is 0 Å². The number of carbonyl (C=O) groups is 4. The fourth-order valence-electron chi connectivity index (χ4n) is 6.81. The SMILES string of the molecule is COC(=O)c1c(Br)c2ccc(-c3ccc(F)cc3)cc2n1C(=O)OC(C)(C)C.COC(=O)c1c(Cc2ccccc2)c2ccc(-c3ccc(F)cc3)cc2n1C(=O)OC(C)(C)C. The van der Waals surface area contributed by atoms with Gasteiger partial charge < -0.3 is 18.9 Å². The highest BCUT2D eigenvalue weighted by atomic mass is 79.9. The van der Waals surface area contributed by atoms with E-state index < -0.39 is 35.3 Å². The van der Waals surface area contributed by atoms with Crippen LogP contribution in [0.1, 0.15) is 73.6 Å². The van der Waals surface area contributed by atoms with Crippen LogP contribution in [0.25, 0.3) is 44.1 Å². The van der Waals surface area contributed by atoms with Crippen molar-refractivity contribution in [3.8, 4) is 22.3 Å². The molecule has 7 aromatic rings. The quantitative estimate of drug-likeness (QED) is 0.120. The highest BCUT2D eigenvalue weighted by Crippen LogP contribution is 2.36. The molecular formula is C49H45BrF2N2O8. The van der Waals surface area contributed by atoms with Gasteiger partial charge in [0.2, 0.25) is 0 Å². The van der Waals surface area contributed by atoms with Crippen molar-refractivity contribution in [1.82, 2.24) is 9.13 Å². The molecule has 62 heavy (non-hydrogen) atoms. The summed E-state index contributed by atoms with van der Waals surface area (Å²) < 4.78 is 50.7. The number of esters is 2. The normalized spacial score (nSPS) is 11.5. The lowest BCUT2D eigenvalue weighted by atomic mass is 9.99. The first kappa shape index (κ1) is 44.9. The second-order valence-corrected chi connectivity index (χ2v) is 17.0. The average Bonchev–Trinajstić information content (AvgIpc) is 3.71. The Morgan fingerprint density at radius 2 is 0.952 bits per heavy atom. The molecule has 0 radical (unpaired) electrons. The Bertz CT molecular complexity index is 2800. The minimum Gasteiger partial charge on any atom is -0.464 e. The minimum absolute atomic E-state index is 0.0445. The number of nitrogens with zero attached hydrogens (tertiary/aromatic N) is 2. The van der Waals surface area contributed by atoms with Crippen LogP contribution in [0.4, 0.5) is 18.4 Å². The van der Waals surface area contributed by atoms with E-state index >= 15 is 0 Å². The van der Waals surface area contributed by atoms with Crippen LogP contribution < -0.4 is 0 Å². The fourth-order valence-corrected chi connectivity index (χ4v) is 7.48. The summed E-state index contributed by atoms with van der Waals surface area (Å²) in [5, 5.41) is 1.39. The van der Waals surface area contributed by atoms with Gasteiger partial charge in [0.05, 0.1) is 29.7 Å². The molecule has 0 aliphatic rings. The van der Waals surface area contributed by atoms with Gasteiger partial charge in [-0.25, -0.2) is 37.1 Å². The molecule has 0 fully saturated rings. The van der Waals surface area contributed by atoms with Gasteiger partial charge in [0, 0.05) is 17.2 Å². The van der Waals surface area contributed by atoms with E-state index in [1.54, 1.807) is 77.9 Å². The predicted molar refractivity (Wildman–Crippen MR) is 238 cm³/mol. The van der Waals surface area contributed by atoms with Crippen molar-refractivity contribution in [2.45, 2.75) is 59.2 Å². The third kappa shape index (κ3) is 9.95. The Balaban J connectivity index is 0.000000211. The van der Waals surface area contributed by atoms with Crippen LogP contribution in [-0.2, 0) is 25.4 Å². The predicted octanol–water partition coefficient (Wildman–Crippen LogP) is 12.4. The molecule has 0 N–H and O–H groups in total. The summed E-state index contributed by atoms with van der Waals surface area (Å²) in [5.41, 5.74) is 4.40. The average molecular weight is 908 g/mol. The Morgan fingerprint density at radius 1 is 0.548 bits per heavy atom. The van der Waals surface area contributed by atoms with E-state index in [1.165, 1.54) is 47.6 Å². The molecule has 0 unspecified atom stereocenters. The third-order valence-corrected chi connectivity index (χ3v) is 10.3. The maximum absolute atomic E-state index is 13.5. The largest absolute Gasteiger partial charge is 0.464 e. The lowest BCUT2D eigenvalue weighted by molar-refractivity contribution is 0.0487. The number of methoxy groups -OCH3 is 2. The summed E-state index contributed by atoms with van der Waals surface area (Å²) in [7, 11) is 2.53. The van der Waals surface area contributed by atoms with Crippen LogP contribution in [0.3, 0.4) is 0 Å². The Kier molecular flexibility index (Phi) is 13.2. The van der Waals surface area contributed by atoms with Gasteiger partial charge in [-0.05, 0) is 127 Å². The van der Waals surface area contributed by atoms with Crippen molar-refractivity contribution >= 4 is 61.9 Å². The highest BCUT2D eigenvalue weighted by Gasteiger charge is 2.31. The number of hydrogen-bond acceptors (Lipinski definition) is 8. The van der Waals surface area contributed by atoms with Crippen molar-refractivity contribution in [3.05, 3.63) is 154 Å². The van der Waals surface area contributed by atoms with Gasteiger partial charge in [-0.15, -0.1) is 0 Å². The summed E-state index contributed by atoms with van der Waals surface area (Å²) >= 11 is 3.40. The van der Waals surface area contributed by atoms with Gasteiger partial charge in [0.15, 0.2) is 5.69 Å². The number of fused-ring (bicyclic) bond motifs is 2. The van der Waals surface area contributed by atoms with E-state index in [-0.39, 0.29) is 23.0 Å². The first-order valence-corrected chi connectivity index (χ1v) is 20.3. The summed E-state index contributed by atoms with van der Waals surface area (Å²) in [6.07, 6.45) is -0.943. The fraction of sp³-hybridized carbons (Fsp3) is 0.224. The summed E-state index contributed by atoms with van der Waals surface area (Å²) in [4.78, 5) is 51.6. The molecular weight excluding hydrogens is 862 g/mol. The second-order valence-electron chi connectivity index (χ2n) is 16.2. The number of hydrogen-bond donors (Lipinski definition) is 0. The van der Waals surface area contributed by atoms with Gasteiger partial charge >= 0.3 is 24.1 Å². The molecule has 320 valence electrons. The molecule has 13 heteroatoms. The van der Waals surface area contributed by atoms with Gasteiger partial charge in [-0.1, -0.05) is 78.9 Å². The molecule has 5 aromatic carbocycles. The number of ether oxygens (including phenoxy) is 4. The maximum Gasteiger partial charge on any atom is 0.419 e. The van der Waals surface area contributed by atoms with Crippen LogP contribution >= 0.6 is 15.9 Å². The first-order chi connectivity index (χ1) is 29.3. The van der Waals surface area contributed by atoms with E-state index in [4.69, 9.17) is 18.9 Å². The number of benzene rings is 5. The summed E-state index contributed by atoms with van der Waals surface area (Å²) in [5.74, 6) is -1.97. The zero-order chi connectivity index (χ0) is 45.1. The van der Waals surface area contributed by atoms with Gasteiger partial charge in [0.1, 0.15) is 28.5 Å². The van der Waals surface area contributed by atoms with Crippen molar-refractivity contribution in [2.24, 2.45) is 0 Å². The van der Waals surface area contributed by atoms with Crippen LogP contribution in [0.2, 0.25) is 0 Å². The number of rotatable bonds is 6. The number of aromatic nitrogens is 2. The minimum atomic E-state index is -0.769. The lowest BCUT2D eigenvalue weighted by Gasteiger charge is -2.21. The van der Waals surface area contributed by atoms with Gasteiger partial charge in [-0.3, -0.25) is 0 Å². The van der Waals surface area contributed by atoms with E-state index in [0.29, 0.717) is 32.9 Å². The van der Waals surface area contributed by atoms with Crippen LogP contribution in [-0.4, -0.2) is 58.7 Å². The van der Waals surface area contributed by atoms with E-state index in [1.807, 2.05) is 54.6 Å². The molecule has 0 spiro atoms. The Morgan fingerprint density at radius 3 is 1.40 bits per heavy atom. The molecule has 0 aliphatic heterocycles. The maximum atomic E-state index is 13.5. The van der Waals surface area contributed by atoms with Gasteiger partial charge in [-0.2, -0.15) is 0 Å². The number of carbonyl (C=O) groups excluding carboxylic acids is 4. The van der Waals surface area contributed by atoms with Crippen molar-refractivity contribution in [3.63, 3.8) is 0 Å². The molecule has 0 saturated carbocycles. The molecule has 2 aromatic heterocycles. The third-order valence-electron chi connectivity index (χ3n) is 9.47. The highest BCUT2D eigenvalue weighted by molar-refractivity contribution is 9.10. The molecule has 2 heterocycles. The zero-order valence-electron chi connectivity index (χ0n) is 35.5. The summed E-state index contributed by atoms with van der Waals surface area (Å²) in [6.45, 7) is 10.5. The molecule has 7 rings (SSSR count). The monoisotopic (exact) mass is 906 g/mol. The molecule has 0 bridgehead atoms. The topological polar surface area (TPSA) is 115 Å². The number of halogens is 3. The van der Waals surface area contributed by atoms with Crippen molar-refractivity contribution in [1.29, 1.82) is 0 Å². The first-order valence-electron chi connectivity index (χ1n) is 19.5. The van der Waals surface area contributed by atoms with Crippen LogP contribution in [0.5, 0.6) is 0 Å². The smallest absolute Gasteiger partial charge is 0.419 e. The standard InChI is InChI=1S/C28H26FNO4.C21H19BrFNO4/c1-28(2,3)34-27(32)30-24-17-20(19-10-13-21(29)14-11-19)12-15-22(24)23(25(30)26(31)33-4)16-18-8-6-5-7-9-18;1-21(2,3)28-20(26)24-16-11-13(12-5-8-14(23)9-6-12)7-10-15(16)17(22)18(24)19(25)27-4/h5-15,17H,16H2,1-4H3;5-11H,1-4H3. The molecule has 10 nitrogen and oxygen atoms in total. The molecule has 0 saturated heterocycles. The molecule has 0 amide bonds. The van der Waals surface area contributed by atoms with Crippen LogP contribution in [0, 0.1) is 11.6 Å².